The van der Waals surface area contributed by atoms with Crippen LogP contribution in [-0.4, -0.2) is 21.6 Å². The van der Waals surface area contributed by atoms with Crippen molar-refractivity contribution in [2.24, 2.45) is 5.73 Å². The Kier molecular flexibility index (Phi) is 4.27. The molecule has 18 heavy (non-hydrogen) atoms. The van der Waals surface area contributed by atoms with E-state index in [4.69, 9.17) is 10.5 Å². The van der Waals surface area contributed by atoms with Crippen LogP contribution in [0, 0.1) is 5.82 Å². The Bertz CT molecular complexity index is 511. The van der Waals surface area contributed by atoms with E-state index in [1.165, 1.54) is 12.1 Å². The summed E-state index contributed by atoms with van der Waals surface area (Å²) in [5, 5.41) is 7.73. The van der Waals surface area contributed by atoms with E-state index in [0.29, 0.717) is 29.9 Å². The first-order valence-corrected chi connectivity index (χ1v) is 6.14. The Morgan fingerprint density at radius 2 is 2.22 bits per heavy atom. The maximum Gasteiger partial charge on any atom is 0.128 e. The third-order valence-electron chi connectivity index (χ3n) is 2.22. The van der Waals surface area contributed by atoms with E-state index in [1.807, 2.05) is 0 Å². The predicted molar refractivity (Wildman–Crippen MR) is 67.5 cm³/mol. The van der Waals surface area contributed by atoms with Crippen molar-refractivity contribution in [3.63, 3.8) is 0 Å². The Hall–Kier alpha value is -1.47. The fourth-order valence-corrected chi connectivity index (χ4v) is 1.85. The van der Waals surface area contributed by atoms with Crippen LogP contribution >= 0.6 is 15.9 Å². The van der Waals surface area contributed by atoms with Crippen molar-refractivity contribution in [1.82, 2.24) is 15.0 Å². The van der Waals surface area contributed by atoms with Gasteiger partial charge in [-0.15, -0.1) is 5.10 Å². The second-order valence-corrected chi connectivity index (χ2v) is 4.55. The number of aromatic nitrogens is 3. The summed E-state index contributed by atoms with van der Waals surface area (Å²) in [7, 11) is 0. The number of halogens is 2. The van der Waals surface area contributed by atoms with Crippen LogP contribution in [0.25, 0.3) is 0 Å². The first-order chi connectivity index (χ1) is 8.67. The molecule has 0 radical (unpaired) electrons. The summed E-state index contributed by atoms with van der Waals surface area (Å²) >= 11 is 3.20. The third-order valence-corrected chi connectivity index (χ3v) is 2.68. The minimum Gasteiger partial charge on any atom is -0.492 e. The zero-order chi connectivity index (χ0) is 13.0. The summed E-state index contributed by atoms with van der Waals surface area (Å²) in [4.78, 5) is 0. The van der Waals surface area contributed by atoms with E-state index in [1.54, 1.807) is 16.9 Å². The highest BCUT2D eigenvalue weighted by Crippen LogP contribution is 2.20. The molecule has 7 heteroatoms. The van der Waals surface area contributed by atoms with E-state index in [2.05, 4.69) is 26.2 Å². The van der Waals surface area contributed by atoms with E-state index in [-0.39, 0.29) is 5.82 Å². The topological polar surface area (TPSA) is 66.0 Å². The maximum atomic E-state index is 13.1. The molecule has 1 heterocycles. The summed E-state index contributed by atoms with van der Waals surface area (Å²) in [6, 6.07) is 4.41. The van der Waals surface area contributed by atoms with E-state index >= 15 is 0 Å². The van der Waals surface area contributed by atoms with Crippen molar-refractivity contribution in [3.8, 4) is 5.75 Å². The molecule has 2 rings (SSSR count). The van der Waals surface area contributed by atoms with Crippen molar-refractivity contribution in [1.29, 1.82) is 0 Å². The molecule has 0 unspecified atom stereocenters. The highest BCUT2D eigenvalue weighted by Gasteiger charge is 2.01. The fourth-order valence-electron chi connectivity index (χ4n) is 1.41. The lowest BCUT2D eigenvalue weighted by Crippen LogP contribution is -2.09. The van der Waals surface area contributed by atoms with Gasteiger partial charge in [-0.05, 0) is 12.1 Å². The molecular weight excluding hydrogens is 303 g/mol. The lowest BCUT2D eigenvalue weighted by Gasteiger charge is -2.06. The number of nitrogens with two attached hydrogens (primary N) is 1. The largest absolute Gasteiger partial charge is 0.492 e. The number of hydrogen-bond acceptors (Lipinski definition) is 4. The molecule has 1 aromatic heterocycles. The summed E-state index contributed by atoms with van der Waals surface area (Å²) in [6.45, 7) is 1.27. The molecule has 0 amide bonds. The van der Waals surface area contributed by atoms with Gasteiger partial charge >= 0.3 is 0 Å². The molecule has 0 aliphatic rings. The predicted octanol–water partition coefficient (Wildman–Crippen LogP) is 1.72. The van der Waals surface area contributed by atoms with Gasteiger partial charge in [0.15, 0.2) is 0 Å². The highest BCUT2D eigenvalue weighted by molar-refractivity contribution is 9.10. The fraction of sp³-hybridized carbons (Fsp3) is 0.273. The van der Waals surface area contributed by atoms with Crippen molar-refractivity contribution >= 4 is 15.9 Å². The molecule has 0 aliphatic carbocycles. The van der Waals surface area contributed by atoms with Gasteiger partial charge in [-0.2, -0.15) is 0 Å². The lowest BCUT2D eigenvalue weighted by atomic mass is 10.3. The van der Waals surface area contributed by atoms with Crippen LogP contribution in [0.5, 0.6) is 5.75 Å². The number of benzene rings is 1. The summed E-state index contributed by atoms with van der Waals surface area (Å²) < 4.78 is 20.8. The first-order valence-electron chi connectivity index (χ1n) is 5.35. The molecule has 2 aromatic rings. The summed E-state index contributed by atoms with van der Waals surface area (Å²) in [5.41, 5.74) is 6.15. The Balaban J connectivity index is 1.88. The van der Waals surface area contributed by atoms with Crippen LogP contribution in [0.2, 0.25) is 0 Å². The second-order valence-electron chi connectivity index (χ2n) is 3.63. The van der Waals surface area contributed by atoms with Gasteiger partial charge in [0.1, 0.15) is 18.2 Å². The van der Waals surface area contributed by atoms with Gasteiger partial charge in [-0.25, -0.2) is 9.07 Å². The summed E-state index contributed by atoms with van der Waals surface area (Å²) in [6.07, 6.45) is 1.75. The molecule has 0 spiro atoms. The maximum absolute atomic E-state index is 13.1. The molecule has 0 atom stereocenters. The van der Waals surface area contributed by atoms with E-state index in [9.17, 15) is 4.39 Å². The van der Waals surface area contributed by atoms with Gasteiger partial charge < -0.3 is 10.5 Å². The van der Waals surface area contributed by atoms with E-state index < -0.39 is 0 Å². The molecule has 96 valence electrons. The average Bonchev–Trinajstić information content (AvgIpc) is 2.76. The zero-order valence-electron chi connectivity index (χ0n) is 9.51. The molecule has 0 saturated heterocycles. The minimum absolute atomic E-state index is 0.342. The van der Waals surface area contributed by atoms with Gasteiger partial charge in [0, 0.05) is 23.3 Å². The summed E-state index contributed by atoms with van der Waals surface area (Å²) in [5.74, 6) is 0.131. The van der Waals surface area contributed by atoms with Crippen LogP contribution < -0.4 is 10.5 Å². The number of rotatable bonds is 5. The molecule has 0 saturated carbocycles. The van der Waals surface area contributed by atoms with E-state index in [0.717, 1.165) is 5.69 Å². The average molecular weight is 315 g/mol. The van der Waals surface area contributed by atoms with Gasteiger partial charge in [0.05, 0.1) is 12.2 Å². The molecule has 0 aliphatic heterocycles. The smallest absolute Gasteiger partial charge is 0.128 e. The molecular formula is C11H12BrFN4O. The molecule has 5 nitrogen and oxygen atoms in total. The second kappa shape index (κ2) is 5.92. The van der Waals surface area contributed by atoms with Gasteiger partial charge in [0.2, 0.25) is 0 Å². The van der Waals surface area contributed by atoms with Crippen molar-refractivity contribution in [3.05, 3.63) is 40.4 Å². The molecule has 0 fully saturated rings. The number of nitrogens with zero attached hydrogens (tertiary/aromatic N) is 3. The van der Waals surface area contributed by atoms with Crippen LogP contribution in [0.4, 0.5) is 4.39 Å². The van der Waals surface area contributed by atoms with Crippen LogP contribution in [0.15, 0.2) is 28.9 Å². The van der Waals surface area contributed by atoms with Crippen molar-refractivity contribution in [2.45, 2.75) is 13.1 Å². The third kappa shape index (κ3) is 3.51. The molecule has 1 aromatic carbocycles. The van der Waals surface area contributed by atoms with Gasteiger partial charge in [-0.1, -0.05) is 21.1 Å². The Morgan fingerprint density at radius 1 is 1.39 bits per heavy atom. The van der Waals surface area contributed by atoms with Crippen molar-refractivity contribution < 1.29 is 9.13 Å². The Labute approximate surface area is 112 Å². The monoisotopic (exact) mass is 314 g/mol. The first kappa shape index (κ1) is 13.0. The molecule has 0 bridgehead atoms. The van der Waals surface area contributed by atoms with Gasteiger partial charge in [0.25, 0.3) is 0 Å². The van der Waals surface area contributed by atoms with Gasteiger partial charge in [-0.3, -0.25) is 0 Å². The highest BCUT2D eigenvalue weighted by atomic mass is 79.9. The normalized spacial score (nSPS) is 10.6. The Morgan fingerprint density at radius 3 is 2.89 bits per heavy atom. The zero-order valence-corrected chi connectivity index (χ0v) is 11.1. The molecule has 2 N–H and O–H groups in total. The SMILES string of the molecule is NCc1cn(CCOc2cc(F)cc(Br)c2)nn1. The minimum atomic E-state index is -0.342. The van der Waals surface area contributed by atoms with Crippen LogP contribution in [-0.2, 0) is 13.1 Å². The van der Waals surface area contributed by atoms with Crippen LogP contribution in [0.1, 0.15) is 5.69 Å². The lowest BCUT2D eigenvalue weighted by molar-refractivity contribution is 0.288. The standard InChI is InChI=1S/C11H12BrFN4O/c12-8-3-9(13)5-11(4-8)18-2-1-17-7-10(6-14)15-16-17/h3-5,7H,1-2,6,14H2. The quantitative estimate of drug-likeness (QED) is 0.912. The van der Waals surface area contributed by atoms with Crippen LogP contribution in [0.3, 0.4) is 0 Å². The number of hydrogen-bond donors (Lipinski definition) is 1. The number of ether oxygens (including phenoxy) is 1. The van der Waals surface area contributed by atoms with Crippen molar-refractivity contribution in [2.75, 3.05) is 6.61 Å².